The molecule has 106 valence electrons. The lowest BCUT2D eigenvalue weighted by molar-refractivity contribution is 0.252. The second-order valence-electron chi connectivity index (χ2n) is 5.28. The minimum atomic E-state index is 0.584. The number of aryl methyl sites for hydroxylation is 1. The molecule has 0 radical (unpaired) electrons. The third-order valence-electron chi connectivity index (χ3n) is 3.93. The van der Waals surface area contributed by atoms with Gasteiger partial charge in [0, 0.05) is 32.6 Å². The van der Waals surface area contributed by atoms with Crippen LogP contribution in [0.5, 0.6) is 0 Å². The summed E-state index contributed by atoms with van der Waals surface area (Å²) in [6.07, 6.45) is 3.27. The Bertz CT molecular complexity index is 390. The van der Waals surface area contributed by atoms with Gasteiger partial charge in [0.1, 0.15) is 17.5 Å². The van der Waals surface area contributed by atoms with Crippen molar-refractivity contribution < 1.29 is 0 Å². The topological polar surface area (TPSA) is 44.3 Å². The zero-order valence-corrected chi connectivity index (χ0v) is 12.5. The van der Waals surface area contributed by atoms with Crippen LogP contribution in [0.1, 0.15) is 25.6 Å². The fourth-order valence-corrected chi connectivity index (χ4v) is 2.52. The summed E-state index contributed by atoms with van der Waals surface area (Å²) >= 11 is 0. The molecule has 2 rings (SSSR count). The van der Waals surface area contributed by atoms with E-state index in [1.54, 1.807) is 0 Å². The highest BCUT2D eigenvalue weighted by molar-refractivity contribution is 5.49. The molecule has 5 nitrogen and oxygen atoms in total. The van der Waals surface area contributed by atoms with Crippen LogP contribution in [-0.4, -0.2) is 55.1 Å². The highest BCUT2D eigenvalue weighted by Crippen LogP contribution is 2.22. The van der Waals surface area contributed by atoms with Gasteiger partial charge in [0.05, 0.1) is 0 Å². The smallest absolute Gasteiger partial charge is 0.134 e. The number of nitrogens with one attached hydrogen (secondary N) is 1. The number of aromatic nitrogens is 2. The number of nitrogens with zero attached hydrogens (tertiary/aromatic N) is 4. The van der Waals surface area contributed by atoms with Gasteiger partial charge in [0.15, 0.2) is 0 Å². The van der Waals surface area contributed by atoms with E-state index in [-0.39, 0.29) is 0 Å². The molecule has 0 unspecified atom stereocenters. The Kier molecular flexibility index (Phi) is 4.58. The average Bonchev–Trinajstić information content (AvgIpc) is 2.46. The Labute approximate surface area is 116 Å². The molecule has 1 aliphatic rings. The second-order valence-corrected chi connectivity index (χ2v) is 5.28. The SMILES string of the molecule is CCc1nc(NC)cc(N(C)C2CCN(C)CC2)n1. The largest absolute Gasteiger partial charge is 0.373 e. The summed E-state index contributed by atoms with van der Waals surface area (Å²) in [5.41, 5.74) is 0. The predicted molar refractivity (Wildman–Crippen MR) is 79.9 cm³/mol. The van der Waals surface area contributed by atoms with Crippen molar-refractivity contribution >= 4 is 11.6 Å². The van der Waals surface area contributed by atoms with Crippen molar-refractivity contribution in [1.29, 1.82) is 0 Å². The quantitative estimate of drug-likeness (QED) is 0.894. The summed E-state index contributed by atoms with van der Waals surface area (Å²) in [6, 6.07) is 2.62. The van der Waals surface area contributed by atoms with Gasteiger partial charge in [-0.25, -0.2) is 9.97 Å². The first kappa shape index (κ1) is 14.1. The molecule has 0 aliphatic carbocycles. The third kappa shape index (κ3) is 3.35. The van der Waals surface area contributed by atoms with Crippen LogP contribution < -0.4 is 10.2 Å². The number of hydrogen-bond acceptors (Lipinski definition) is 5. The molecule has 5 heteroatoms. The molecule has 0 bridgehead atoms. The molecule has 1 aliphatic heterocycles. The molecule has 1 aromatic heterocycles. The van der Waals surface area contributed by atoms with Gasteiger partial charge in [-0.2, -0.15) is 0 Å². The van der Waals surface area contributed by atoms with E-state index >= 15 is 0 Å². The lowest BCUT2D eigenvalue weighted by atomic mass is 10.0. The number of anilines is 2. The molecular weight excluding hydrogens is 238 g/mol. The van der Waals surface area contributed by atoms with Gasteiger partial charge in [-0.3, -0.25) is 0 Å². The van der Waals surface area contributed by atoms with E-state index in [4.69, 9.17) is 0 Å². The number of likely N-dealkylation sites (tertiary alicyclic amines) is 1. The molecule has 2 heterocycles. The highest BCUT2D eigenvalue weighted by atomic mass is 15.2. The summed E-state index contributed by atoms with van der Waals surface area (Å²) in [5, 5.41) is 3.12. The standard InChI is InChI=1S/C14H25N5/c1-5-12-16-13(15-2)10-14(17-12)19(4)11-6-8-18(3)9-7-11/h10-11H,5-9H2,1-4H3,(H,15,16,17). The lowest BCUT2D eigenvalue weighted by Crippen LogP contribution is -2.42. The number of hydrogen-bond donors (Lipinski definition) is 1. The van der Waals surface area contributed by atoms with Gasteiger partial charge in [-0.05, 0) is 33.0 Å². The van der Waals surface area contributed by atoms with Gasteiger partial charge in [-0.15, -0.1) is 0 Å². The molecule has 0 spiro atoms. The number of piperidine rings is 1. The van der Waals surface area contributed by atoms with E-state index < -0.39 is 0 Å². The Balaban J connectivity index is 2.15. The van der Waals surface area contributed by atoms with Crippen LogP contribution in [0, 0.1) is 0 Å². The zero-order chi connectivity index (χ0) is 13.8. The van der Waals surface area contributed by atoms with Gasteiger partial charge in [0.25, 0.3) is 0 Å². The molecule has 1 fully saturated rings. The van der Waals surface area contributed by atoms with Crippen molar-refractivity contribution in [3.63, 3.8) is 0 Å². The Morgan fingerprint density at radius 3 is 2.63 bits per heavy atom. The third-order valence-corrected chi connectivity index (χ3v) is 3.93. The molecular formula is C14H25N5. The average molecular weight is 263 g/mol. The van der Waals surface area contributed by atoms with Crippen molar-refractivity contribution in [2.45, 2.75) is 32.2 Å². The first-order valence-electron chi connectivity index (χ1n) is 7.11. The van der Waals surface area contributed by atoms with Crippen LogP contribution >= 0.6 is 0 Å². The van der Waals surface area contributed by atoms with Crippen LogP contribution in [0.3, 0.4) is 0 Å². The highest BCUT2D eigenvalue weighted by Gasteiger charge is 2.22. The Hall–Kier alpha value is -1.36. The molecule has 1 N–H and O–H groups in total. The van der Waals surface area contributed by atoms with Crippen molar-refractivity contribution in [2.24, 2.45) is 0 Å². The summed E-state index contributed by atoms with van der Waals surface area (Å²) in [6.45, 7) is 4.42. The predicted octanol–water partition coefficient (Wildman–Crippen LogP) is 1.61. The maximum atomic E-state index is 4.66. The van der Waals surface area contributed by atoms with Gasteiger partial charge in [0.2, 0.25) is 0 Å². The van der Waals surface area contributed by atoms with Crippen LogP contribution in [0.15, 0.2) is 6.07 Å². The minimum absolute atomic E-state index is 0.584. The van der Waals surface area contributed by atoms with Gasteiger partial charge in [-0.1, -0.05) is 6.92 Å². The van der Waals surface area contributed by atoms with Crippen molar-refractivity contribution in [3.05, 3.63) is 11.9 Å². The molecule has 0 atom stereocenters. The van der Waals surface area contributed by atoms with E-state index in [0.29, 0.717) is 6.04 Å². The Morgan fingerprint density at radius 1 is 1.37 bits per heavy atom. The fourth-order valence-electron chi connectivity index (χ4n) is 2.52. The van der Waals surface area contributed by atoms with Crippen molar-refractivity contribution in [2.75, 3.05) is 44.4 Å². The van der Waals surface area contributed by atoms with Crippen molar-refractivity contribution in [1.82, 2.24) is 14.9 Å². The van der Waals surface area contributed by atoms with Crippen LogP contribution in [0.4, 0.5) is 11.6 Å². The maximum absolute atomic E-state index is 4.66. The van der Waals surface area contributed by atoms with E-state index in [0.717, 1.165) is 23.9 Å². The fraction of sp³-hybridized carbons (Fsp3) is 0.714. The lowest BCUT2D eigenvalue weighted by Gasteiger charge is -2.35. The van der Waals surface area contributed by atoms with Gasteiger partial charge < -0.3 is 15.1 Å². The monoisotopic (exact) mass is 263 g/mol. The maximum Gasteiger partial charge on any atom is 0.134 e. The zero-order valence-electron chi connectivity index (χ0n) is 12.5. The van der Waals surface area contributed by atoms with E-state index in [1.165, 1.54) is 25.9 Å². The van der Waals surface area contributed by atoms with Crippen LogP contribution in [0.2, 0.25) is 0 Å². The molecule has 0 saturated carbocycles. The van der Waals surface area contributed by atoms with Gasteiger partial charge >= 0.3 is 0 Å². The molecule has 1 saturated heterocycles. The number of rotatable bonds is 4. The second kappa shape index (κ2) is 6.19. The molecule has 19 heavy (non-hydrogen) atoms. The summed E-state index contributed by atoms with van der Waals surface area (Å²) in [7, 11) is 6.24. The van der Waals surface area contributed by atoms with E-state index in [2.05, 4.69) is 46.1 Å². The summed E-state index contributed by atoms with van der Waals surface area (Å²) < 4.78 is 0. The molecule has 1 aromatic rings. The van der Waals surface area contributed by atoms with Crippen LogP contribution in [0.25, 0.3) is 0 Å². The normalized spacial score (nSPS) is 17.5. The molecule has 0 amide bonds. The first-order chi connectivity index (χ1) is 9.13. The van der Waals surface area contributed by atoms with E-state index in [9.17, 15) is 0 Å². The molecule has 0 aromatic carbocycles. The summed E-state index contributed by atoms with van der Waals surface area (Å²) in [5.74, 6) is 2.84. The first-order valence-corrected chi connectivity index (χ1v) is 7.11. The van der Waals surface area contributed by atoms with Crippen molar-refractivity contribution in [3.8, 4) is 0 Å². The van der Waals surface area contributed by atoms with Crippen LogP contribution in [-0.2, 0) is 6.42 Å². The Morgan fingerprint density at radius 2 is 2.05 bits per heavy atom. The van der Waals surface area contributed by atoms with E-state index in [1.807, 2.05) is 13.1 Å². The minimum Gasteiger partial charge on any atom is -0.373 e. The summed E-state index contributed by atoms with van der Waals surface area (Å²) in [4.78, 5) is 13.8.